The molecule has 0 heterocycles. The summed E-state index contributed by atoms with van der Waals surface area (Å²) in [5.41, 5.74) is 0.889. The number of alkyl halides is 2. The van der Waals surface area contributed by atoms with Crippen LogP contribution >= 0.6 is 0 Å². The molecule has 27 heavy (non-hydrogen) atoms. The van der Waals surface area contributed by atoms with Crippen LogP contribution in [-0.4, -0.2) is 32.7 Å². The van der Waals surface area contributed by atoms with Gasteiger partial charge < -0.3 is 19.5 Å². The molecule has 1 atom stereocenters. The zero-order valence-electron chi connectivity index (χ0n) is 14.8. The van der Waals surface area contributed by atoms with E-state index in [1.54, 1.807) is 24.3 Å². The molecule has 1 unspecified atom stereocenters. The Kier molecular flexibility index (Phi) is 7.10. The molecule has 0 spiro atoms. The minimum atomic E-state index is -3.01. The topological polar surface area (TPSA) is 73.9 Å². The Balaban J connectivity index is 2.22. The highest BCUT2D eigenvalue weighted by Gasteiger charge is 2.21. The molecule has 6 nitrogen and oxygen atoms in total. The molecular weight excluding hydrogens is 360 g/mol. The van der Waals surface area contributed by atoms with E-state index in [0.717, 1.165) is 5.56 Å². The largest absolute Gasteiger partial charge is 0.493 e. The Morgan fingerprint density at radius 1 is 1.04 bits per heavy atom. The Bertz CT molecular complexity index is 783. The monoisotopic (exact) mass is 379 g/mol. The maximum Gasteiger partial charge on any atom is 0.387 e. The third-order valence-corrected chi connectivity index (χ3v) is 3.75. The highest BCUT2D eigenvalue weighted by Crippen LogP contribution is 2.29. The van der Waals surface area contributed by atoms with Crippen molar-refractivity contribution in [3.05, 3.63) is 59.7 Å². The lowest BCUT2D eigenvalue weighted by Crippen LogP contribution is -2.30. The third-order valence-electron chi connectivity index (χ3n) is 3.75. The molecule has 1 N–H and O–H groups in total. The quantitative estimate of drug-likeness (QED) is 0.712. The molecule has 0 aliphatic rings. The summed E-state index contributed by atoms with van der Waals surface area (Å²) in [6.45, 7) is -3.01. The first-order valence-corrected chi connectivity index (χ1v) is 8.00. The fourth-order valence-corrected chi connectivity index (χ4v) is 2.43. The number of nitrogens with one attached hydrogen (secondary N) is 1. The number of rotatable bonds is 8. The van der Waals surface area contributed by atoms with Gasteiger partial charge in [0.1, 0.15) is 0 Å². The van der Waals surface area contributed by atoms with E-state index in [1.165, 1.54) is 32.4 Å². The second-order valence-electron chi connectivity index (χ2n) is 5.46. The Hall–Kier alpha value is -3.16. The van der Waals surface area contributed by atoms with Crippen molar-refractivity contribution in [3.63, 3.8) is 0 Å². The van der Waals surface area contributed by atoms with Gasteiger partial charge in [-0.25, -0.2) is 0 Å². The number of esters is 1. The van der Waals surface area contributed by atoms with Gasteiger partial charge in [0.15, 0.2) is 11.5 Å². The van der Waals surface area contributed by atoms with E-state index in [-0.39, 0.29) is 23.5 Å². The average Bonchev–Trinajstić information content (AvgIpc) is 2.67. The number of benzene rings is 2. The zero-order chi connectivity index (χ0) is 19.8. The highest BCUT2D eigenvalue weighted by molar-refractivity contribution is 5.95. The van der Waals surface area contributed by atoms with Gasteiger partial charge in [-0.15, -0.1) is 0 Å². The van der Waals surface area contributed by atoms with E-state index in [1.807, 2.05) is 6.07 Å². The lowest BCUT2D eigenvalue weighted by Gasteiger charge is -2.19. The van der Waals surface area contributed by atoms with Crippen LogP contribution in [-0.2, 0) is 9.53 Å². The van der Waals surface area contributed by atoms with E-state index in [9.17, 15) is 18.4 Å². The van der Waals surface area contributed by atoms with Crippen molar-refractivity contribution in [2.24, 2.45) is 0 Å². The number of hydrogen-bond donors (Lipinski definition) is 1. The summed E-state index contributed by atoms with van der Waals surface area (Å²) in [7, 11) is 2.54. The predicted molar refractivity (Wildman–Crippen MR) is 92.9 cm³/mol. The van der Waals surface area contributed by atoms with E-state index in [4.69, 9.17) is 4.74 Å². The van der Waals surface area contributed by atoms with Crippen LogP contribution in [0.2, 0.25) is 0 Å². The normalized spacial score (nSPS) is 11.6. The fraction of sp³-hybridized carbons (Fsp3) is 0.263. The number of hydrogen-bond acceptors (Lipinski definition) is 5. The first-order valence-electron chi connectivity index (χ1n) is 8.00. The van der Waals surface area contributed by atoms with Gasteiger partial charge in [0, 0.05) is 5.56 Å². The molecule has 0 aliphatic heterocycles. The van der Waals surface area contributed by atoms with Crippen molar-refractivity contribution in [1.82, 2.24) is 5.32 Å². The molecule has 144 valence electrons. The van der Waals surface area contributed by atoms with Crippen LogP contribution in [0, 0.1) is 0 Å². The minimum Gasteiger partial charge on any atom is -0.493 e. The van der Waals surface area contributed by atoms with E-state index < -0.39 is 24.5 Å². The second-order valence-corrected chi connectivity index (χ2v) is 5.46. The smallest absolute Gasteiger partial charge is 0.387 e. The Morgan fingerprint density at radius 2 is 1.74 bits per heavy atom. The number of halogens is 2. The van der Waals surface area contributed by atoms with Crippen molar-refractivity contribution < 1.29 is 32.6 Å². The van der Waals surface area contributed by atoms with Crippen LogP contribution in [0.4, 0.5) is 8.78 Å². The molecule has 0 saturated carbocycles. The Morgan fingerprint density at radius 3 is 2.33 bits per heavy atom. The molecule has 1 amide bonds. The van der Waals surface area contributed by atoms with Gasteiger partial charge in [0.25, 0.3) is 5.91 Å². The number of ether oxygens (including phenoxy) is 3. The predicted octanol–water partition coefficient (Wildman–Crippen LogP) is 3.33. The van der Waals surface area contributed by atoms with Crippen molar-refractivity contribution in [3.8, 4) is 11.5 Å². The summed E-state index contributed by atoms with van der Waals surface area (Å²) >= 11 is 0. The van der Waals surface area contributed by atoms with Gasteiger partial charge in [0.05, 0.1) is 26.7 Å². The van der Waals surface area contributed by atoms with Gasteiger partial charge in [-0.1, -0.05) is 30.3 Å². The first-order chi connectivity index (χ1) is 12.9. The second kappa shape index (κ2) is 9.51. The van der Waals surface area contributed by atoms with Gasteiger partial charge in [-0.3, -0.25) is 9.59 Å². The molecule has 2 aromatic carbocycles. The van der Waals surface area contributed by atoms with Crippen LogP contribution in [0.15, 0.2) is 48.5 Å². The number of carbonyl (C=O) groups excluding carboxylic acids is 2. The molecule has 0 aliphatic carbocycles. The molecule has 0 aromatic heterocycles. The first kappa shape index (κ1) is 20.2. The standard InChI is InChI=1S/C19H19F2NO5/c1-25-16-10-13(8-9-15(16)27-19(20)21)18(24)22-14(11-17(23)26-2)12-6-4-3-5-7-12/h3-10,14,19H,11H2,1-2H3,(H,22,24). The summed E-state index contributed by atoms with van der Waals surface area (Å²) in [5.74, 6) is -1.18. The summed E-state index contributed by atoms with van der Waals surface area (Å²) in [5, 5.41) is 2.74. The lowest BCUT2D eigenvalue weighted by molar-refractivity contribution is -0.141. The van der Waals surface area contributed by atoms with Crippen LogP contribution in [0.25, 0.3) is 0 Å². The molecule has 0 bridgehead atoms. The minimum absolute atomic E-state index is 0.00724. The van der Waals surface area contributed by atoms with Crippen LogP contribution < -0.4 is 14.8 Å². The molecule has 2 rings (SSSR count). The number of methoxy groups -OCH3 is 2. The number of amides is 1. The summed E-state index contributed by atoms with van der Waals surface area (Å²) in [6.07, 6.45) is -0.0596. The molecular formula is C19H19F2NO5. The number of carbonyl (C=O) groups is 2. The summed E-state index contributed by atoms with van der Waals surface area (Å²) < 4.78 is 38.8. The highest BCUT2D eigenvalue weighted by atomic mass is 19.3. The van der Waals surface area contributed by atoms with E-state index in [2.05, 4.69) is 14.8 Å². The summed E-state index contributed by atoms with van der Waals surface area (Å²) in [4.78, 5) is 24.3. The van der Waals surface area contributed by atoms with E-state index >= 15 is 0 Å². The lowest BCUT2D eigenvalue weighted by atomic mass is 10.0. The Labute approximate surface area is 155 Å². The maximum atomic E-state index is 12.6. The van der Waals surface area contributed by atoms with Crippen LogP contribution in [0.1, 0.15) is 28.4 Å². The average molecular weight is 379 g/mol. The fourth-order valence-electron chi connectivity index (χ4n) is 2.43. The molecule has 0 saturated heterocycles. The van der Waals surface area contributed by atoms with Crippen molar-refractivity contribution in [2.75, 3.05) is 14.2 Å². The SMILES string of the molecule is COC(=O)CC(NC(=O)c1ccc(OC(F)F)c(OC)c1)c1ccccc1. The molecule has 2 aromatic rings. The maximum absolute atomic E-state index is 12.6. The van der Waals surface area contributed by atoms with Crippen molar-refractivity contribution >= 4 is 11.9 Å². The van der Waals surface area contributed by atoms with Crippen LogP contribution in [0.3, 0.4) is 0 Å². The third kappa shape index (κ3) is 5.67. The van der Waals surface area contributed by atoms with E-state index in [0.29, 0.717) is 0 Å². The zero-order valence-corrected chi connectivity index (χ0v) is 14.8. The van der Waals surface area contributed by atoms with Gasteiger partial charge >= 0.3 is 12.6 Å². The van der Waals surface area contributed by atoms with Gasteiger partial charge in [0.2, 0.25) is 0 Å². The van der Waals surface area contributed by atoms with Gasteiger partial charge in [-0.05, 0) is 23.8 Å². The molecule has 0 fully saturated rings. The van der Waals surface area contributed by atoms with Crippen molar-refractivity contribution in [1.29, 1.82) is 0 Å². The van der Waals surface area contributed by atoms with Gasteiger partial charge in [-0.2, -0.15) is 8.78 Å². The van der Waals surface area contributed by atoms with Crippen molar-refractivity contribution in [2.45, 2.75) is 19.1 Å². The van der Waals surface area contributed by atoms with Crippen LogP contribution in [0.5, 0.6) is 11.5 Å². The summed E-state index contributed by atoms with van der Waals surface area (Å²) in [6, 6.07) is 12.1. The molecule has 0 radical (unpaired) electrons. The molecule has 8 heteroatoms.